The first-order valence-electron chi connectivity index (χ1n) is 13.4. The molecule has 4 rings (SSSR count). The van der Waals surface area contributed by atoms with E-state index < -0.39 is 17.9 Å². The van der Waals surface area contributed by atoms with E-state index in [1.54, 1.807) is 5.38 Å². The molecule has 0 unspecified atom stereocenters. The fraction of sp³-hybridized carbons (Fsp3) is 0.414. The number of carbonyl (C=O) groups excluding carboxylic acids is 3. The maximum absolute atomic E-state index is 13.3. The van der Waals surface area contributed by atoms with Crippen molar-refractivity contribution < 1.29 is 18.8 Å². The molecule has 1 aromatic carbocycles. The summed E-state index contributed by atoms with van der Waals surface area (Å²) in [5.74, 6) is -0.652. The monoisotopic (exact) mass is 564 g/mol. The van der Waals surface area contributed by atoms with Crippen molar-refractivity contribution in [3.8, 4) is 0 Å². The van der Waals surface area contributed by atoms with Crippen molar-refractivity contribution in [1.29, 1.82) is 0 Å². The molecule has 2 atom stereocenters. The average molecular weight is 565 g/mol. The molecule has 0 saturated carbocycles. The van der Waals surface area contributed by atoms with Crippen molar-refractivity contribution in [3.63, 3.8) is 0 Å². The second-order valence-electron chi connectivity index (χ2n) is 10.4. The molecule has 0 saturated heterocycles. The highest BCUT2D eigenvalue weighted by Gasteiger charge is 2.27. The number of hydrogen-bond donors (Lipinski definition) is 3. The van der Waals surface area contributed by atoms with Crippen molar-refractivity contribution in [2.24, 2.45) is 5.92 Å². The van der Waals surface area contributed by atoms with Gasteiger partial charge in [-0.2, -0.15) is 0 Å². The lowest BCUT2D eigenvalue weighted by Crippen LogP contribution is -2.43. The highest BCUT2D eigenvalue weighted by atomic mass is 32.1. The Hall–Kier alpha value is -3.83. The summed E-state index contributed by atoms with van der Waals surface area (Å²) in [5.41, 5.74) is 2.47. The van der Waals surface area contributed by atoms with E-state index >= 15 is 0 Å². The Kier molecular flexibility index (Phi) is 9.84. The Labute approximate surface area is 238 Å². The predicted octanol–water partition coefficient (Wildman–Crippen LogP) is 3.67. The summed E-state index contributed by atoms with van der Waals surface area (Å²) in [5, 5.41) is 11.3. The maximum Gasteiger partial charge on any atom is 0.273 e. The van der Waals surface area contributed by atoms with Crippen LogP contribution in [0, 0.1) is 5.92 Å². The molecule has 0 fully saturated rings. The third-order valence-corrected chi connectivity index (χ3v) is 7.41. The SMILES string of the molecule is CC(C)=CCN1CCNC(=O)c2coc(n2)[C@H](Cc2ccccc2)NC(=O)c2csc(n2)[C@H](C(C)C)NC(=O)C1. The minimum absolute atomic E-state index is 0.0543. The van der Waals surface area contributed by atoms with Crippen LogP contribution in [0.2, 0.25) is 0 Å². The van der Waals surface area contributed by atoms with Crippen molar-refractivity contribution in [2.75, 3.05) is 26.2 Å². The molecule has 11 heteroatoms. The normalized spacial score (nSPS) is 19.3. The summed E-state index contributed by atoms with van der Waals surface area (Å²) < 4.78 is 5.69. The highest BCUT2D eigenvalue weighted by Crippen LogP contribution is 2.26. The number of oxazole rings is 1. The first-order valence-corrected chi connectivity index (χ1v) is 14.3. The Morgan fingerprint density at radius 2 is 1.88 bits per heavy atom. The molecule has 0 radical (unpaired) electrons. The van der Waals surface area contributed by atoms with Crippen LogP contribution in [0.5, 0.6) is 0 Å². The number of amides is 3. The van der Waals surface area contributed by atoms with Crippen molar-refractivity contribution in [3.05, 3.63) is 81.5 Å². The lowest BCUT2D eigenvalue weighted by molar-refractivity contribution is -0.123. The number of carbonyl (C=O) groups is 3. The number of rotatable bonds is 5. The van der Waals surface area contributed by atoms with Crippen LogP contribution < -0.4 is 16.0 Å². The fourth-order valence-corrected chi connectivity index (χ4v) is 5.29. The van der Waals surface area contributed by atoms with Crippen LogP contribution in [-0.2, 0) is 11.2 Å². The number of nitrogens with zero attached hydrogens (tertiary/aromatic N) is 3. The van der Waals surface area contributed by atoms with Crippen LogP contribution in [0.15, 0.2) is 58.0 Å². The molecule has 3 aromatic rings. The van der Waals surface area contributed by atoms with E-state index in [9.17, 15) is 14.4 Å². The molecule has 2 aromatic heterocycles. The van der Waals surface area contributed by atoms with Crippen molar-refractivity contribution >= 4 is 29.1 Å². The number of allylic oxidation sites excluding steroid dienone is 1. The molecule has 212 valence electrons. The summed E-state index contributed by atoms with van der Waals surface area (Å²) in [4.78, 5) is 50.2. The van der Waals surface area contributed by atoms with E-state index in [1.165, 1.54) is 17.6 Å². The van der Waals surface area contributed by atoms with E-state index in [4.69, 9.17) is 4.42 Å². The average Bonchev–Trinajstić information content (AvgIpc) is 3.60. The molecule has 40 heavy (non-hydrogen) atoms. The molecule has 3 N–H and O–H groups in total. The van der Waals surface area contributed by atoms with Crippen LogP contribution in [0.1, 0.15) is 77.2 Å². The van der Waals surface area contributed by atoms with Crippen molar-refractivity contribution in [1.82, 2.24) is 30.8 Å². The first-order chi connectivity index (χ1) is 19.2. The molecule has 1 aliphatic heterocycles. The van der Waals surface area contributed by atoms with Gasteiger partial charge in [-0.05, 0) is 25.3 Å². The van der Waals surface area contributed by atoms with Gasteiger partial charge in [0.05, 0.1) is 12.6 Å². The standard InChI is InChI=1S/C29H36N6O4S/c1-18(2)10-12-35-13-11-30-26(37)22-16-39-28(32-22)21(14-20-8-6-5-7-9-20)31-27(38)23-17-40-29(33-23)25(19(3)4)34-24(36)15-35/h5-10,16-17,19,21,25H,11-15H2,1-4H3,(H,30,37)(H,31,38)(H,34,36)/t21-,25-/m0/s1. The zero-order chi connectivity index (χ0) is 28.6. The maximum atomic E-state index is 13.3. The zero-order valence-corrected chi connectivity index (χ0v) is 24.1. The number of nitrogens with one attached hydrogen (secondary N) is 3. The van der Waals surface area contributed by atoms with Crippen molar-refractivity contribution in [2.45, 2.75) is 46.2 Å². The van der Waals surface area contributed by atoms with Gasteiger partial charge in [-0.25, -0.2) is 9.97 Å². The van der Waals surface area contributed by atoms with Gasteiger partial charge in [0, 0.05) is 31.4 Å². The van der Waals surface area contributed by atoms with Gasteiger partial charge in [0.2, 0.25) is 11.8 Å². The molecule has 0 spiro atoms. The first kappa shape index (κ1) is 29.2. The van der Waals surface area contributed by atoms with Crippen LogP contribution in [-0.4, -0.2) is 58.8 Å². The van der Waals surface area contributed by atoms with Crippen LogP contribution in [0.4, 0.5) is 0 Å². The molecular formula is C29H36N6O4S. The smallest absolute Gasteiger partial charge is 0.273 e. The van der Waals surface area contributed by atoms with Gasteiger partial charge in [0.25, 0.3) is 11.8 Å². The molecule has 3 amide bonds. The Balaban J connectivity index is 1.66. The molecule has 4 bridgehead atoms. The van der Waals surface area contributed by atoms with E-state index in [2.05, 4.69) is 25.9 Å². The fourth-order valence-electron chi connectivity index (χ4n) is 4.27. The predicted molar refractivity (Wildman–Crippen MR) is 153 cm³/mol. The number of thiazole rings is 1. The molecule has 3 heterocycles. The van der Waals surface area contributed by atoms with E-state index in [1.807, 2.05) is 69.0 Å². The zero-order valence-electron chi connectivity index (χ0n) is 23.3. The van der Waals surface area contributed by atoms with Crippen LogP contribution in [0.25, 0.3) is 0 Å². The Morgan fingerprint density at radius 3 is 2.60 bits per heavy atom. The van der Waals surface area contributed by atoms with Crippen LogP contribution >= 0.6 is 11.3 Å². The lowest BCUT2D eigenvalue weighted by Gasteiger charge is -2.24. The summed E-state index contributed by atoms with van der Waals surface area (Å²) in [6, 6.07) is 8.68. The Bertz CT molecular complexity index is 1350. The van der Waals surface area contributed by atoms with E-state index in [0.717, 1.165) is 11.1 Å². The summed E-state index contributed by atoms with van der Waals surface area (Å²) in [6.45, 7) is 9.51. The molecule has 0 aliphatic carbocycles. The quantitative estimate of drug-likeness (QED) is 0.403. The summed E-state index contributed by atoms with van der Waals surface area (Å²) in [7, 11) is 0. The second kappa shape index (κ2) is 13.5. The molecular weight excluding hydrogens is 528 g/mol. The minimum Gasteiger partial charge on any atom is -0.446 e. The molecule has 1 aliphatic rings. The van der Waals surface area contributed by atoms with E-state index in [-0.39, 0.29) is 41.7 Å². The number of aromatic nitrogens is 2. The van der Waals surface area contributed by atoms with Gasteiger partial charge < -0.3 is 20.4 Å². The number of hydrogen-bond acceptors (Lipinski definition) is 8. The largest absolute Gasteiger partial charge is 0.446 e. The van der Waals surface area contributed by atoms with Gasteiger partial charge in [0.1, 0.15) is 23.0 Å². The van der Waals surface area contributed by atoms with Gasteiger partial charge in [-0.15, -0.1) is 11.3 Å². The van der Waals surface area contributed by atoms with E-state index in [0.29, 0.717) is 31.1 Å². The Morgan fingerprint density at radius 1 is 1.10 bits per heavy atom. The lowest BCUT2D eigenvalue weighted by atomic mass is 10.0. The molecule has 10 nitrogen and oxygen atoms in total. The summed E-state index contributed by atoms with van der Waals surface area (Å²) in [6.07, 6.45) is 3.75. The summed E-state index contributed by atoms with van der Waals surface area (Å²) >= 11 is 1.34. The van der Waals surface area contributed by atoms with Gasteiger partial charge in [0.15, 0.2) is 5.69 Å². The van der Waals surface area contributed by atoms with Gasteiger partial charge >= 0.3 is 0 Å². The topological polar surface area (TPSA) is 129 Å². The van der Waals surface area contributed by atoms with Gasteiger partial charge in [-0.3, -0.25) is 19.3 Å². The minimum atomic E-state index is -0.624. The third-order valence-electron chi connectivity index (χ3n) is 6.48. The van der Waals surface area contributed by atoms with Crippen LogP contribution in [0.3, 0.4) is 0 Å². The number of fused-ring (bicyclic) bond motifs is 4. The second-order valence-corrected chi connectivity index (χ2v) is 11.3. The third kappa shape index (κ3) is 7.86. The number of benzene rings is 1. The van der Waals surface area contributed by atoms with Gasteiger partial charge in [-0.1, -0.05) is 55.8 Å². The highest BCUT2D eigenvalue weighted by molar-refractivity contribution is 7.09.